The lowest BCUT2D eigenvalue weighted by atomic mass is 9.90. The Bertz CT molecular complexity index is 809. The average molecular weight is 354 g/mol. The second-order valence-electron chi connectivity index (χ2n) is 7.28. The largest absolute Gasteiger partial charge is 0.351 e. The van der Waals surface area contributed by atoms with E-state index in [0.717, 1.165) is 31.2 Å². The van der Waals surface area contributed by atoms with Gasteiger partial charge in [-0.05, 0) is 39.5 Å². The number of aromatic nitrogens is 2. The Morgan fingerprint density at radius 3 is 2.50 bits per heavy atom. The molecule has 0 saturated heterocycles. The lowest BCUT2D eigenvalue weighted by molar-refractivity contribution is -0.131. The Hall–Kier alpha value is -2.68. The predicted molar refractivity (Wildman–Crippen MR) is 97.0 cm³/mol. The third-order valence-electron chi connectivity index (χ3n) is 4.91. The molecule has 5 nitrogen and oxygen atoms in total. The van der Waals surface area contributed by atoms with Gasteiger partial charge in [-0.1, -0.05) is 30.3 Å². The van der Waals surface area contributed by atoms with E-state index in [0.29, 0.717) is 11.4 Å². The fraction of sp³-hybridized carbons (Fsp3) is 0.450. The summed E-state index contributed by atoms with van der Waals surface area (Å²) in [5.74, 6) is -0.562. The van der Waals surface area contributed by atoms with Crippen LogP contribution in [-0.2, 0) is 4.79 Å². The third kappa shape index (κ3) is 3.77. The second-order valence-corrected chi connectivity index (χ2v) is 7.28. The van der Waals surface area contributed by atoms with Crippen LogP contribution >= 0.6 is 0 Å². The zero-order valence-corrected chi connectivity index (χ0v) is 15.1. The molecule has 6 heteroatoms. The minimum Gasteiger partial charge on any atom is -0.351 e. The molecule has 2 aromatic rings. The Morgan fingerprint density at radius 1 is 1.27 bits per heavy atom. The van der Waals surface area contributed by atoms with E-state index in [-0.39, 0.29) is 12.1 Å². The maximum Gasteiger partial charge on any atom is 0.257 e. The number of amides is 1. The summed E-state index contributed by atoms with van der Waals surface area (Å²) in [4.78, 5) is 16.3. The average Bonchev–Trinajstić information content (AvgIpc) is 3.06. The molecular weight excluding hydrogens is 331 g/mol. The number of hydrogen-bond donors (Lipinski definition) is 1. The molecule has 0 atom stereocenters. The number of carbonyl (C=O) groups is 1. The Balaban J connectivity index is 1.70. The molecule has 1 aromatic heterocycles. The highest BCUT2D eigenvalue weighted by Crippen LogP contribution is 2.32. The maximum atomic E-state index is 13.7. The third-order valence-corrected chi connectivity index (χ3v) is 4.91. The maximum absolute atomic E-state index is 13.7. The normalized spacial score (nSPS) is 20.4. The van der Waals surface area contributed by atoms with Crippen molar-refractivity contribution in [1.29, 1.82) is 5.26 Å². The lowest BCUT2D eigenvalue weighted by Gasteiger charge is -2.31. The van der Waals surface area contributed by atoms with Gasteiger partial charge in [-0.15, -0.1) is 0 Å². The van der Waals surface area contributed by atoms with Crippen molar-refractivity contribution < 1.29 is 9.18 Å². The predicted octanol–water partition coefficient (Wildman–Crippen LogP) is 3.77. The number of imidazole rings is 1. The first-order valence-electron chi connectivity index (χ1n) is 8.92. The van der Waals surface area contributed by atoms with Crippen molar-refractivity contribution in [1.82, 2.24) is 14.9 Å². The van der Waals surface area contributed by atoms with Gasteiger partial charge in [0.2, 0.25) is 0 Å². The number of nitrogens with zero attached hydrogens (tertiary/aromatic N) is 3. The number of rotatable bonds is 4. The first-order valence-corrected chi connectivity index (χ1v) is 8.92. The summed E-state index contributed by atoms with van der Waals surface area (Å²) in [6.07, 6.45) is 4.88. The number of halogens is 1. The molecule has 1 heterocycles. The van der Waals surface area contributed by atoms with E-state index < -0.39 is 11.6 Å². The molecule has 136 valence electrons. The summed E-state index contributed by atoms with van der Waals surface area (Å²) in [6.45, 7) is 2.54. The van der Waals surface area contributed by atoms with E-state index in [1.54, 1.807) is 6.33 Å². The van der Waals surface area contributed by atoms with Crippen molar-refractivity contribution in [2.75, 3.05) is 0 Å². The van der Waals surface area contributed by atoms with E-state index in [2.05, 4.69) is 16.4 Å². The number of nitriles is 1. The van der Waals surface area contributed by atoms with Crippen LogP contribution in [0.5, 0.6) is 0 Å². The zero-order chi connectivity index (χ0) is 18.7. The summed E-state index contributed by atoms with van der Waals surface area (Å²) in [5, 5.41) is 12.4. The molecule has 26 heavy (non-hydrogen) atoms. The minimum atomic E-state index is -1.86. The summed E-state index contributed by atoms with van der Waals surface area (Å²) in [5.41, 5.74) is 0.324. The SMILES string of the molecule is CC(C)(F)C(=O)NC1CCC(n2cnc(-c3ccccc3)c2C#N)CC1. The van der Waals surface area contributed by atoms with Crippen LogP contribution in [0.25, 0.3) is 11.3 Å². The smallest absolute Gasteiger partial charge is 0.257 e. The summed E-state index contributed by atoms with van der Waals surface area (Å²) >= 11 is 0. The molecule has 0 radical (unpaired) electrons. The van der Waals surface area contributed by atoms with Crippen LogP contribution in [0.2, 0.25) is 0 Å². The van der Waals surface area contributed by atoms with Gasteiger partial charge in [0.15, 0.2) is 5.67 Å². The highest BCUT2D eigenvalue weighted by molar-refractivity contribution is 5.84. The van der Waals surface area contributed by atoms with Gasteiger partial charge in [0, 0.05) is 17.6 Å². The molecule has 0 aliphatic heterocycles. The van der Waals surface area contributed by atoms with Gasteiger partial charge in [0.05, 0.1) is 6.33 Å². The van der Waals surface area contributed by atoms with E-state index >= 15 is 0 Å². The van der Waals surface area contributed by atoms with Gasteiger partial charge < -0.3 is 9.88 Å². The number of nitrogens with one attached hydrogen (secondary N) is 1. The van der Waals surface area contributed by atoms with Crippen LogP contribution in [0, 0.1) is 11.3 Å². The van der Waals surface area contributed by atoms with Crippen molar-refractivity contribution >= 4 is 5.91 Å². The highest BCUT2D eigenvalue weighted by atomic mass is 19.1. The standard InChI is InChI=1S/C20H23FN4O/c1-20(2,21)19(26)24-15-8-10-16(11-9-15)25-13-23-18(17(25)12-22)14-6-4-3-5-7-14/h3-7,13,15-16H,8-11H2,1-2H3,(H,24,26). The minimum absolute atomic E-state index is 0.0172. The molecule has 0 unspecified atom stereocenters. The van der Waals surface area contributed by atoms with Crippen LogP contribution in [0.15, 0.2) is 36.7 Å². The number of carbonyl (C=O) groups excluding carboxylic acids is 1. The Morgan fingerprint density at radius 2 is 1.92 bits per heavy atom. The monoisotopic (exact) mass is 354 g/mol. The summed E-state index contributed by atoms with van der Waals surface area (Å²) in [6, 6.07) is 12.1. The summed E-state index contributed by atoms with van der Waals surface area (Å²) in [7, 11) is 0. The second kappa shape index (κ2) is 7.28. The van der Waals surface area contributed by atoms with Gasteiger partial charge in [0.25, 0.3) is 5.91 Å². The fourth-order valence-electron chi connectivity index (χ4n) is 3.41. The van der Waals surface area contributed by atoms with Crippen LogP contribution in [0.3, 0.4) is 0 Å². The van der Waals surface area contributed by atoms with Crippen LogP contribution in [0.1, 0.15) is 51.3 Å². The number of alkyl halides is 1. The molecule has 0 bridgehead atoms. The van der Waals surface area contributed by atoms with Crippen LogP contribution in [-0.4, -0.2) is 27.2 Å². The molecule has 1 aromatic carbocycles. The van der Waals surface area contributed by atoms with E-state index in [1.807, 2.05) is 34.9 Å². The highest BCUT2D eigenvalue weighted by Gasteiger charge is 2.31. The van der Waals surface area contributed by atoms with Gasteiger partial charge in [-0.2, -0.15) is 5.26 Å². The van der Waals surface area contributed by atoms with Crippen LogP contribution in [0.4, 0.5) is 4.39 Å². The van der Waals surface area contributed by atoms with Crippen molar-refractivity contribution in [3.8, 4) is 17.3 Å². The molecule has 1 saturated carbocycles. The molecule has 1 amide bonds. The molecular formula is C20H23FN4O. The molecule has 1 aliphatic carbocycles. The van der Waals surface area contributed by atoms with Crippen molar-refractivity contribution in [3.63, 3.8) is 0 Å². The van der Waals surface area contributed by atoms with Crippen LogP contribution < -0.4 is 5.32 Å². The first kappa shape index (κ1) is 18.1. The zero-order valence-electron chi connectivity index (χ0n) is 15.1. The summed E-state index contributed by atoms with van der Waals surface area (Å²) < 4.78 is 15.6. The van der Waals surface area contributed by atoms with Crippen molar-refractivity contribution in [2.24, 2.45) is 0 Å². The molecule has 1 N–H and O–H groups in total. The lowest BCUT2D eigenvalue weighted by Crippen LogP contribution is -2.45. The molecule has 3 rings (SSSR count). The first-order chi connectivity index (χ1) is 12.4. The van der Waals surface area contributed by atoms with E-state index in [4.69, 9.17) is 0 Å². The topological polar surface area (TPSA) is 70.7 Å². The van der Waals surface area contributed by atoms with Gasteiger partial charge in [-0.25, -0.2) is 9.37 Å². The van der Waals surface area contributed by atoms with Gasteiger partial charge >= 0.3 is 0 Å². The molecule has 1 aliphatic rings. The van der Waals surface area contributed by atoms with Gasteiger partial charge in [0.1, 0.15) is 17.5 Å². The number of hydrogen-bond acceptors (Lipinski definition) is 3. The Kier molecular flexibility index (Phi) is 5.08. The molecule has 1 fully saturated rings. The van der Waals surface area contributed by atoms with E-state index in [9.17, 15) is 14.4 Å². The van der Waals surface area contributed by atoms with Crippen molar-refractivity contribution in [2.45, 2.75) is 57.3 Å². The van der Waals surface area contributed by atoms with E-state index in [1.165, 1.54) is 13.8 Å². The Labute approximate surface area is 152 Å². The van der Waals surface area contributed by atoms with Gasteiger partial charge in [-0.3, -0.25) is 4.79 Å². The molecule has 0 spiro atoms. The fourth-order valence-corrected chi connectivity index (χ4v) is 3.41. The quantitative estimate of drug-likeness (QED) is 0.908. The van der Waals surface area contributed by atoms with Crippen molar-refractivity contribution in [3.05, 3.63) is 42.4 Å². The number of benzene rings is 1.